The second-order valence-corrected chi connectivity index (χ2v) is 7.39. The van der Waals surface area contributed by atoms with Crippen molar-refractivity contribution >= 4 is 23.6 Å². The van der Waals surface area contributed by atoms with Crippen molar-refractivity contribution in [2.75, 3.05) is 11.9 Å². The van der Waals surface area contributed by atoms with Gasteiger partial charge in [-0.15, -0.1) is 0 Å². The maximum Gasteiger partial charge on any atom is 0.319 e. The Bertz CT molecular complexity index is 908. The number of benzene rings is 2. The number of carboxylic acid groups (broad SMARTS) is 1. The first-order valence-electron chi connectivity index (χ1n) is 9.65. The third-order valence-electron chi connectivity index (χ3n) is 4.72. The highest BCUT2D eigenvalue weighted by Crippen LogP contribution is 2.19. The average Bonchev–Trinajstić information content (AvgIpc) is 3.48. The van der Waals surface area contributed by atoms with Gasteiger partial charge in [0.25, 0.3) is 5.91 Å². The summed E-state index contributed by atoms with van der Waals surface area (Å²) < 4.78 is 0. The maximum absolute atomic E-state index is 12.5. The molecule has 29 heavy (non-hydrogen) atoms. The van der Waals surface area contributed by atoms with E-state index >= 15 is 0 Å². The summed E-state index contributed by atoms with van der Waals surface area (Å²) in [6.45, 7) is 1.97. The van der Waals surface area contributed by atoms with Crippen LogP contribution in [-0.4, -0.2) is 35.6 Å². The normalized spacial score (nSPS) is 14.0. The van der Waals surface area contributed by atoms with Gasteiger partial charge in [-0.2, -0.15) is 0 Å². The van der Waals surface area contributed by atoms with Gasteiger partial charge in [-0.1, -0.05) is 35.9 Å². The number of carbonyl (C=O) groups is 3. The molecule has 1 saturated carbocycles. The molecule has 1 unspecified atom stereocenters. The van der Waals surface area contributed by atoms with Crippen molar-refractivity contribution in [2.24, 2.45) is 5.92 Å². The highest BCUT2D eigenvalue weighted by atomic mass is 16.4. The highest BCUT2D eigenvalue weighted by molar-refractivity contribution is 5.97. The van der Waals surface area contributed by atoms with Crippen LogP contribution in [0.1, 0.15) is 34.3 Å². The van der Waals surface area contributed by atoms with Crippen LogP contribution in [0.25, 0.3) is 0 Å². The van der Waals surface area contributed by atoms with E-state index in [1.807, 2.05) is 31.2 Å². The first-order valence-corrected chi connectivity index (χ1v) is 9.65. The Kier molecular flexibility index (Phi) is 6.49. The molecule has 0 spiro atoms. The molecule has 3 amide bonds. The van der Waals surface area contributed by atoms with Crippen LogP contribution in [0.5, 0.6) is 0 Å². The largest absolute Gasteiger partial charge is 0.481 e. The number of carbonyl (C=O) groups excluding carboxylic acids is 2. The standard InChI is InChI=1S/C22H25N3O4/c1-14-4-2-5-15(10-14)11-17(21(27)28)13-23-20(26)16-6-3-7-19(12-16)25-22(29)24-18-8-9-18/h2-7,10,12,17-18H,8-9,11,13H2,1H3,(H,23,26)(H,27,28)(H2,24,25,29). The van der Waals surface area contributed by atoms with E-state index < -0.39 is 11.9 Å². The molecule has 0 bridgehead atoms. The Morgan fingerprint density at radius 2 is 1.86 bits per heavy atom. The first-order chi connectivity index (χ1) is 13.9. The van der Waals surface area contributed by atoms with Gasteiger partial charge in [0.1, 0.15) is 0 Å². The molecule has 1 aliphatic carbocycles. The number of aryl methyl sites for hydroxylation is 1. The fourth-order valence-electron chi connectivity index (χ4n) is 3.01. The van der Waals surface area contributed by atoms with Crippen LogP contribution in [0.2, 0.25) is 0 Å². The van der Waals surface area contributed by atoms with Gasteiger partial charge in [0, 0.05) is 23.8 Å². The lowest BCUT2D eigenvalue weighted by molar-refractivity contribution is -0.141. The Balaban J connectivity index is 1.57. The van der Waals surface area contributed by atoms with E-state index in [9.17, 15) is 19.5 Å². The summed E-state index contributed by atoms with van der Waals surface area (Å²) in [5.74, 6) is -2.07. The maximum atomic E-state index is 12.5. The van der Waals surface area contributed by atoms with Crippen molar-refractivity contribution in [3.8, 4) is 0 Å². The molecule has 0 aliphatic heterocycles. The number of anilines is 1. The van der Waals surface area contributed by atoms with Crippen LogP contribution in [0.15, 0.2) is 48.5 Å². The average molecular weight is 395 g/mol. The third-order valence-corrected chi connectivity index (χ3v) is 4.72. The summed E-state index contributed by atoms with van der Waals surface area (Å²) in [6.07, 6.45) is 2.31. The lowest BCUT2D eigenvalue weighted by Gasteiger charge is -2.14. The highest BCUT2D eigenvalue weighted by Gasteiger charge is 2.23. The predicted molar refractivity (Wildman–Crippen MR) is 110 cm³/mol. The summed E-state index contributed by atoms with van der Waals surface area (Å²) in [4.78, 5) is 35.9. The molecule has 0 heterocycles. The van der Waals surface area contributed by atoms with E-state index in [-0.39, 0.29) is 24.5 Å². The van der Waals surface area contributed by atoms with Gasteiger partial charge >= 0.3 is 12.0 Å². The number of carboxylic acids is 1. The SMILES string of the molecule is Cc1cccc(CC(CNC(=O)c2cccc(NC(=O)NC3CC3)c2)C(=O)O)c1. The van der Waals surface area contributed by atoms with E-state index in [2.05, 4.69) is 16.0 Å². The van der Waals surface area contributed by atoms with E-state index in [1.165, 1.54) is 0 Å². The van der Waals surface area contributed by atoms with Gasteiger partial charge in [-0.25, -0.2) is 4.79 Å². The van der Waals surface area contributed by atoms with E-state index in [4.69, 9.17) is 0 Å². The molecule has 4 N–H and O–H groups in total. The molecular weight excluding hydrogens is 370 g/mol. The molecule has 152 valence electrons. The number of nitrogens with one attached hydrogen (secondary N) is 3. The number of rotatable bonds is 8. The molecule has 0 radical (unpaired) electrons. The summed E-state index contributed by atoms with van der Waals surface area (Å²) >= 11 is 0. The number of amides is 3. The molecule has 1 fully saturated rings. The van der Waals surface area contributed by atoms with E-state index in [0.29, 0.717) is 17.7 Å². The molecule has 7 heteroatoms. The van der Waals surface area contributed by atoms with Gasteiger partial charge in [0.2, 0.25) is 0 Å². The first kappa shape index (κ1) is 20.4. The Labute approximate surface area is 169 Å². The monoisotopic (exact) mass is 395 g/mol. The minimum atomic E-state index is -0.959. The second kappa shape index (κ2) is 9.23. The van der Waals surface area contributed by atoms with Crippen LogP contribution in [0, 0.1) is 12.8 Å². The van der Waals surface area contributed by atoms with Crippen molar-refractivity contribution in [2.45, 2.75) is 32.2 Å². The van der Waals surface area contributed by atoms with E-state index in [1.54, 1.807) is 24.3 Å². The van der Waals surface area contributed by atoms with Gasteiger partial charge < -0.3 is 21.1 Å². The Hall–Kier alpha value is -3.35. The van der Waals surface area contributed by atoms with Crippen LogP contribution in [0.3, 0.4) is 0 Å². The molecule has 1 aliphatic rings. The predicted octanol–water partition coefficient (Wildman–Crippen LogP) is 2.95. The smallest absolute Gasteiger partial charge is 0.319 e. The van der Waals surface area contributed by atoms with Crippen LogP contribution in [0.4, 0.5) is 10.5 Å². The van der Waals surface area contributed by atoms with Crippen molar-refractivity contribution in [3.63, 3.8) is 0 Å². The van der Waals surface area contributed by atoms with Crippen LogP contribution in [-0.2, 0) is 11.2 Å². The number of urea groups is 1. The molecule has 1 atom stereocenters. The lowest BCUT2D eigenvalue weighted by Crippen LogP contribution is -2.34. The van der Waals surface area contributed by atoms with E-state index in [0.717, 1.165) is 24.0 Å². The topological polar surface area (TPSA) is 108 Å². The molecular formula is C22H25N3O4. The Morgan fingerprint density at radius 1 is 1.10 bits per heavy atom. The fourth-order valence-corrected chi connectivity index (χ4v) is 3.01. The van der Waals surface area contributed by atoms with Crippen LogP contribution < -0.4 is 16.0 Å². The molecule has 3 rings (SSSR count). The second-order valence-electron chi connectivity index (χ2n) is 7.39. The molecule has 2 aromatic rings. The minimum Gasteiger partial charge on any atom is -0.481 e. The molecule has 7 nitrogen and oxygen atoms in total. The van der Waals surface area contributed by atoms with Crippen LogP contribution >= 0.6 is 0 Å². The summed E-state index contributed by atoms with van der Waals surface area (Å²) in [6, 6.07) is 14.2. The fraction of sp³-hybridized carbons (Fsp3) is 0.318. The zero-order valence-electron chi connectivity index (χ0n) is 16.3. The summed E-state index contributed by atoms with van der Waals surface area (Å²) in [7, 11) is 0. The number of hydrogen-bond acceptors (Lipinski definition) is 3. The van der Waals surface area contributed by atoms with Gasteiger partial charge in [0.15, 0.2) is 0 Å². The summed E-state index contributed by atoms with van der Waals surface area (Å²) in [5.41, 5.74) is 2.84. The summed E-state index contributed by atoms with van der Waals surface area (Å²) in [5, 5.41) is 17.7. The minimum absolute atomic E-state index is 0.0158. The lowest BCUT2D eigenvalue weighted by atomic mass is 9.98. The third kappa shape index (κ3) is 6.34. The molecule has 2 aromatic carbocycles. The molecule has 0 aromatic heterocycles. The zero-order valence-corrected chi connectivity index (χ0v) is 16.3. The molecule has 0 saturated heterocycles. The van der Waals surface area contributed by atoms with Gasteiger partial charge in [0.05, 0.1) is 5.92 Å². The van der Waals surface area contributed by atoms with Gasteiger partial charge in [-0.3, -0.25) is 9.59 Å². The van der Waals surface area contributed by atoms with Crippen molar-refractivity contribution in [3.05, 3.63) is 65.2 Å². The zero-order chi connectivity index (χ0) is 20.8. The quantitative estimate of drug-likeness (QED) is 0.551. The van der Waals surface area contributed by atoms with Crippen molar-refractivity contribution in [1.29, 1.82) is 0 Å². The van der Waals surface area contributed by atoms with Crippen molar-refractivity contribution in [1.82, 2.24) is 10.6 Å². The Morgan fingerprint density at radius 3 is 2.55 bits per heavy atom. The van der Waals surface area contributed by atoms with Crippen molar-refractivity contribution < 1.29 is 19.5 Å². The van der Waals surface area contributed by atoms with Gasteiger partial charge in [-0.05, 0) is 49.9 Å². The number of aliphatic carboxylic acids is 1. The number of hydrogen-bond donors (Lipinski definition) is 4.